The maximum atomic E-state index is 10.8. The molecule has 0 spiro atoms. The van der Waals surface area contributed by atoms with Crippen LogP contribution in [0.15, 0.2) is 53.6 Å². The lowest BCUT2D eigenvalue weighted by Gasteiger charge is -2.27. The summed E-state index contributed by atoms with van der Waals surface area (Å²) in [7, 11) is 0. The van der Waals surface area contributed by atoms with Crippen molar-refractivity contribution in [1.82, 2.24) is 5.32 Å². The Morgan fingerprint density at radius 2 is 1.86 bits per heavy atom. The number of nitrogens with one attached hydrogen (secondary N) is 1. The molecule has 2 rings (SSSR count). The zero-order chi connectivity index (χ0) is 20.2. The molecule has 1 heterocycles. The maximum Gasteiger partial charge on any atom is 0.328 e. The average Bonchev–Trinajstić information content (AvgIpc) is 2.67. The highest BCUT2D eigenvalue weighted by molar-refractivity contribution is 5.81. The lowest BCUT2D eigenvalue weighted by atomic mass is 10.0. The Hall–Kier alpha value is -2.33. The van der Waals surface area contributed by atoms with Crippen LogP contribution >= 0.6 is 0 Å². The monoisotopic (exact) mass is 383 g/mol. The number of aliphatic carboxylic acids is 1. The molecule has 0 amide bonds. The first-order chi connectivity index (χ1) is 13.6. The first-order valence-corrected chi connectivity index (χ1v) is 10.4. The molecular formula is C24H33NO3. The summed E-state index contributed by atoms with van der Waals surface area (Å²) in [6, 6.07) is 7.96. The summed E-state index contributed by atoms with van der Waals surface area (Å²) in [6.45, 7) is 4.92. The Morgan fingerprint density at radius 1 is 1.14 bits per heavy atom. The minimum absolute atomic E-state index is 0.219. The number of carboxylic acids is 1. The molecule has 1 atom stereocenters. The summed E-state index contributed by atoms with van der Waals surface area (Å²) in [4.78, 5) is 10.8. The van der Waals surface area contributed by atoms with Gasteiger partial charge in [0, 0.05) is 17.2 Å². The Labute approximate surface area is 169 Å². The molecule has 1 aliphatic heterocycles. The van der Waals surface area contributed by atoms with Crippen LogP contribution in [-0.4, -0.2) is 23.8 Å². The maximum absolute atomic E-state index is 10.8. The van der Waals surface area contributed by atoms with Gasteiger partial charge in [-0.1, -0.05) is 75.8 Å². The van der Waals surface area contributed by atoms with E-state index in [1.807, 2.05) is 36.4 Å². The average molecular weight is 384 g/mol. The molecule has 0 bridgehead atoms. The van der Waals surface area contributed by atoms with Gasteiger partial charge < -0.3 is 9.84 Å². The number of para-hydroxylation sites is 1. The van der Waals surface area contributed by atoms with Crippen molar-refractivity contribution in [3.05, 3.63) is 59.2 Å². The van der Waals surface area contributed by atoms with Crippen LogP contribution in [0, 0.1) is 0 Å². The molecule has 0 radical (unpaired) electrons. The molecule has 0 aliphatic carbocycles. The normalized spacial score (nSPS) is 16.6. The summed E-state index contributed by atoms with van der Waals surface area (Å²) in [5.41, 5.74) is 2.73. The number of benzene rings is 1. The van der Waals surface area contributed by atoms with E-state index in [9.17, 15) is 4.79 Å². The molecule has 4 heteroatoms. The van der Waals surface area contributed by atoms with Crippen LogP contribution in [-0.2, 0) is 4.79 Å². The first-order valence-electron chi connectivity index (χ1n) is 10.4. The molecular weight excluding hydrogens is 350 g/mol. The van der Waals surface area contributed by atoms with Gasteiger partial charge in [-0.25, -0.2) is 4.79 Å². The van der Waals surface area contributed by atoms with Gasteiger partial charge in [0.1, 0.15) is 5.75 Å². The molecule has 28 heavy (non-hydrogen) atoms. The van der Waals surface area contributed by atoms with E-state index in [4.69, 9.17) is 9.84 Å². The molecule has 152 valence electrons. The molecule has 1 aromatic rings. The smallest absolute Gasteiger partial charge is 0.328 e. The summed E-state index contributed by atoms with van der Waals surface area (Å²) < 4.78 is 6.15. The van der Waals surface area contributed by atoms with E-state index >= 15 is 0 Å². The van der Waals surface area contributed by atoms with Crippen molar-refractivity contribution >= 4 is 12.0 Å². The van der Waals surface area contributed by atoms with Crippen LogP contribution in [0.1, 0.15) is 64.4 Å². The van der Waals surface area contributed by atoms with Crippen LogP contribution in [0.5, 0.6) is 5.75 Å². The van der Waals surface area contributed by atoms with E-state index < -0.39 is 5.97 Å². The van der Waals surface area contributed by atoms with Gasteiger partial charge in [-0.2, -0.15) is 0 Å². The van der Waals surface area contributed by atoms with Crippen molar-refractivity contribution in [2.75, 3.05) is 6.54 Å². The van der Waals surface area contributed by atoms with E-state index in [1.54, 1.807) is 6.92 Å². The van der Waals surface area contributed by atoms with Crippen LogP contribution < -0.4 is 10.1 Å². The lowest BCUT2D eigenvalue weighted by molar-refractivity contribution is -0.131. The van der Waals surface area contributed by atoms with Gasteiger partial charge in [0.2, 0.25) is 0 Å². The fraction of sp³-hybridized carbons (Fsp3) is 0.458. The molecule has 2 N–H and O–H groups in total. The summed E-state index contributed by atoms with van der Waals surface area (Å²) in [5.74, 6) is -0.0653. The largest absolute Gasteiger partial charge is 0.478 e. The molecule has 0 fully saturated rings. The number of hydrogen-bond donors (Lipinski definition) is 2. The third-order valence-electron chi connectivity index (χ3n) is 4.79. The zero-order valence-electron chi connectivity index (χ0n) is 17.1. The van der Waals surface area contributed by atoms with Crippen molar-refractivity contribution in [3.63, 3.8) is 0 Å². The standard InChI is InChI=1S/C24H33NO3/c1-3-4-5-6-7-8-11-16-25-24-21(15-14-19(2)17-23(26)27)18-20-12-9-10-13-22(20)28-24/h9-10,12-15,17-18,24-25H,3-8,11,16H2,1-2H3,(H,26,27)/b15-14+,19-17+. The second kappa shape index (κ2) is 12.2. The predicted octanol–water partition coefficient (Wildman–Crippen LogP) is 5.72. The van der Waals surface area contributed by atoms with E-state index in [2.05, 4.69) is 18.3 Å². The Bertz CT molecular complexity index is 718. The zero-order valence-corrected chi connectivity index (χ0v) is 17.1. The fourth-order valence-corrected chi connectivity index (χ4v) is 3.24. The Kier molecular flexibility index (Phi) is 9.56. The SMILES string of the molecule is CCCCCCCCCNC1Oc2ccccc2C=C1/C=C/C(C)=C/C(=O)O. The van der Waals surface area contributed by atoms with E-state index in [0.29, 0.717) is 5.57 Å². The fourth-order valence-electron chi connectivity index (χ4n) is 3.24. The number of unbranched alkanes of at least 4 members (excludes halogenated alkanes) is 6. The number of hydrogen-bond acceptors (Lipinski definition) is 3. The van der Waals surface area contributed by atoms with Crippen LogP contribution in [0.2, 0.25) is 0 Å². The van der Waals surface area contributed by atoms with E-state index in [-0.39, 0.29) is 6.23 Å². The van der Waals surface area contributed by atoms with Gasteiger partial charge >= 0.3 is 5.97 Å². The molecule has 1 aromatic carbocycles. The number of allylic oxidation sites excluding steroid dienone is 2. The topological polar surface area (TPSA) is 58.6 Å². The molecule has 0 saturated carbocycles. The highest BCUT2D eigenvalue weighted by Gasteiger charge is 2.20. The van der Waals surface area contributed by atoms with Gasteiger partial charge in [-0.05, 0) is 37.6 Å². The quantitative estimate of drug-likeness (QED) is 0.275. The molecule has 0 saturated heterocycles. The number of fused-ring (bicyclic) bond motifs is 1. The minimum Gasteiger partial charge on any atom is -0.478 e. The first kappa shape index (κ1) is 22.0. The number of carbonyl (C=O) groups is 1. The van der Waals surface area contributed by atoms with Gasteiger partial charge in [0.05, 0.1) is 0 Å². The predicted molar refractivity (Wildman–Crippen MR) is 115 cm³/mol. The van der Waals surface area contributed by atoms with Crippen molar-refractivity contribution in [2.24, 2.45) is 0 Å². The molecule has 1 unspecified atom stereocenters. The van der Waals surface area contributed by atoms with Crippen molar-refractivity contribution in [1.29, 1.82) is 0 Å². The number of carboxylic acid groups (broad SMARTS) is 1. The van der Waals surface area contributed by atoms with Gasteiger partial charge in [0.25, 0.3) is 0 Å². The van der Waals surface area contributed by atoms with Crippen molar-refractivity contribution in [2.45, 2.75) is 65.0 Å². The Morgan fingerprint density at radius 3 is 2.61 bits per heavy atom. The highest BCUT2D eigenvalue weighted by atomic mass is 16.5. The van der Waals surface area contributed by atoms with Crippen LogP contribution in [0.25, 0.3) is 6.08 Å². The third kappa shape index (κ3) is 7.73. The van der Waals surface area contributed by atoms with Gasteiger partial charge in [-0.3, -0.25) is 5.32 Å². The van der Waals surface area contributed by atoms with Gasteiger partial charge in [-0.15, -0.1) is 0 Å². The number of rotatable bonds is 12. The van der Waals surface area contributed by atoms with E-state index in [1.165, 1.54) is 44.6 Å². The lowest BCUT2D eigenvalue weighted by Crippen LogP contribution is -2.38. The molecule has 4 nitrogen and oxygen atoms in total. The number of ether oxygens (including phenoxy) is 1. The second-order valence-corrected chi connectivity index (χ2v) is 7.32. The summed E-state index contributed by atoms with van der Waals surface area (Å²) >= 11 is 0. The van der Waals surface area contributed by atoms with Crippen molar-refractivity contribution < 1.29 is 14.6 Å². The summed E-state index contributed by atoms with van der Waals surface area (Å²) in [5, 5.41) is 12.4. The molecule has 0 aromatic heterocycles. The minimum atomic E-state index is -0.935. The second-order valence-electron chi connectivity index (χ2n) is 7.32. The van der Waals surface area contributed by atoms with Gasteiger partial charge in [0.15, 0.2) is 6.23 Å². The Balaban J connectivity index is 1.93. The molecule has 1 aliphatic rings. The highest BCUT2D eigenvalue weighted by Crippen LogP contribution is 2.29. The van der Waals surface area contributed by atoms with Crippen LogP contribution in [0.3, 0.4) is 0 Å². The van der Waals surface area contributed by atoms with Crippen LogP contribution in [0.4, 0.5) is 0 Å². The van der Waals surface area contributed by atoms with Crippen molar-refractivity contribution in [3.8, 4) is 5.75 Å². The summed E-state index contributed by atoms with van der Waals surface area (Å²) in [6.07, 6.45) is 15.8. The third-order valence-corrected chi connectivity index (χ3v) is 4.79. The van der Waals surface area contributed by atoms with E-state index in [0.717, 1.165) is 29.9 Å².